The highest BCUT2D eigenvalue weighted by Crippen LogP contribution is 2.30. The maximum atomic E-state index is 11.8. The predicted octanol–water partition coefficient (Wildman–Crippen LogP) is 2.45. The van der Waals surface area contributed by atoms with Crippen molar-refractivity contribution in [1.82, 2.24) is 0 Å². The van der Waals surface area contributed by atoms with Crippen molar-refractivity contribution in [2.45, 2.75) is 20.8 Å². The highest BCUT2D eigenvalue weighted by atomic mass is 16.5. The number of carboxylic acid groups (broad SMARTS) is 1. The number of amides is 1. The Morgan fingerprint density at radius 3 is 2.38 bits per heavy atom. The number of hydrogen-bond acceptors (Lipinski definition) is 4. The average Bonchev–Trinajstić information content (AvgIpc) is 2.41. The van der Waals surface area contributed by atoms with E-state index in [1.54, 1.807) is 18.2 Å². The molecule has 6 heteroatoms. The molecule has 0 aliphatic rings. The van der Waals surface area contributed by atoms with Crippen LogP contribution in [0.2, 0.25) is 0 Å². The Labute approximate surface area is 123 Å². The molecule has 0 aliphatic heterocycles. The summed E-state index contributed by atoms with van der Waals surface area (Å²) in [6.07, 6.45) is 0.855. The van der Waals surface area contributed by atoms with Crippen LogP contribution < -0.4 is 14.8 Å². The fourth-order valence-electron chi connectivity index (χ4n) is 1.61. The average molecular weight is 293 g/mol. The fraction of sp³-hybridized carbons (Fsp3) is 0.333. The number of rotatable bonds is 7. The second-order valence-corrected chi connectivity index (χ2v) is 4.15. The third-order valence-corrected chi connectivity index (χ3v) is 2.50. The number of anilines is 1. The SMILES string of the molecule is CCOc1ccc(NC(=O)/C(C)=C\C(=O)O)cc1OCC. The fourth-order valence-corrected chi connectivity index (χ4v) is 1.61. The second kappa shape index (κ2) is 7.94. The monoisotopic (exact) mass is 293 g/mol. The number of benzene rings is 1. The van der Waals surface area contributed by atoms with Crippen molar-refractivity contribution in [2.75, 3.05) is 18.5 Å². The van der Waals surface area contributed by atoms with Crippen LogP contribution in [0.1, 0.15) is 20.8 Å². The van der Waals surface area contributed by atoms with Gasteiger partial charge in [-0.05, 0) is 32.9 Å². The van der Waals surface area contributed by atoms with Crippen molar-refractivity contribution < 1.29 is 24.2 Å². The second-order valence-electron chi connectivity index (χ2n) is 4.15. The largest absolute Gasteiger partial charge is 0.490 e. The first-order chi connectivity index (χ1) is 9.97. The number of carboxylic acids is 1. The van der Waals surface area contributed by atoms with Gasteiger partial charge in [-0.25, -0.2) is 4.79 Å². The van der Waals surface area contributed by atoms with Crippen molar-refractivity contribution in [1.29, 1.82) is 0 Å². The van der Waals surface area contributed by atoms with Crippen LogP contribution in [0, 0.1) is 0 Å². The summed E-state index contributed by atoms with van der Waals surface area (Å²) in [5.74, 6) is -0.527. The molecule has 0 aromatic heterocycles. The Hall–Kier alpha value is -2.50. The molecule has 0 bridgehead atoms. The zero-order valence-electron chi connectivity index (χ0n) is 12.3. The number of ether oxygens (including phenoxy) is 2. The topological polar surface area (TPSA) is 84.9 Å². The van der Waals surface area contributed by atoms with Gasteiger partial charge < -0.3 is 19.9 Å². The van der Waals surface area contributed by atoms with Gasteiger partial charge in [0.25, 0.3) is 5.91 Å². The summed E-state index contributed by atoms with van der Waals surface area (Å²) in [5, 5.41) is 11.2. The molecule has 0 unspecified atom stereocenters. The molecule has 0 radical (unpaired) electrons. The Morgan fingerprint density at radius 2 is 1.81 bits per heavy atom. The minimum atomic E-state index is -1.16. The molecule has 1 amide bonds. The van der Waals surface area contributed by atoms with Crippen molar-refractivity contribution in [2.24, 2.45) is 0 Å². The van der Waals surface area contributed by atoms with Gasteiger partial charge in [0.05, 0.1) is 13.2 Å². The number of carbonyl (C=O) groups excluding carboxylic acids is 1. The van der Waals surface area contributed by atoms with Crippen LogP contribution >= 0.6 is 0 Å². The molecule has 1 rings (SSSR count). The van der Waals surface area contributed by atoms with Gasteiger partial charge >= 0.3 is 5.97 Å². The number of hydrogen-bond donors (Lipinski definition) is 2. The molecule has 6 nitrogen and oxygen atoms in total. The van der Waals surface area contributed by atoms with E-state index in [2.05, 4.69) is 5.32 Å². The number of carbonyl (C=O) groups is 2. The third kappa shape index (κ3) is 5.18. The van der Waals surface area contributed by atoms with E-state index in [0.29, 0.717) is 30.4 Å². The van der Waals surface area contributed by atoms with Crippen LogP contribution in [0.15, 0.2) is 29.8 Å². The van der Waals surface area contributed by atoms with Crippen molar-refractivity contribution in [3.63, 3.8) is 0 Å². The van der Waals surface area contributed by atoms with Gasteiger partial charge in [-0.2, -0.15) is 0 Å². The molecule has 0 aliphatic carbocycles. The summed E-state index contributed by atoms with van der Waals surface area (Å²) < 4.78 is 10.9. The van der Waals surface area contributed by atoms with E-state index < -0.39 is 11.9 Å². The lowest BCUT2D eigenvalue weighted by Gasteiger charge is -2.13. The first-order valence-corrected chi connectivity index (χ1v) is 6.60. The quantitative estimate of drug-likeness (QED) is 0.754. The maximum Gasteiger partial charge on any atom is 0.328 e. The summed E-state index contributed by atoms with van der Waals surface area (Å²) >= 11 is 0. The van der Waals surface area contributed by atoms with Crippen LogP contribution in [0.4, 0.5) is 5.69 Å². The first kappa shape index (κ1) is 16.6. The minimum absolute atomic E-state index is 0.106. The van der Waals surface area contributed by atoms with E-state index in [0.717, 1.165) is 6.08 Å². The van der Waals surface area contributed by atoms with E-state index in [1.807, 2.05) is 13.8 Å². The molecule has 1 aromatic rings. The van der Waals surface area contributed by atoms with Crippen LogP contribution in [0.3, 0.4) is 0 Å². The van der Waals surface area contributed by atoms with Gasteiger partial charge in [0.15, 0.2) is 11.5 Å². The molecule has 0 heterocycles. The lowest BCUT2D eigenvalue weighted by atomic mass is 10.2. The molecule has 0 fully saturated rings. The first-order valence-electron chi connectivity index (χ1n) is 6.60. The van der Waals surface area contributed by atoms with Gasteiger partial charge in [0.1, 0.15) is 0 Å². The highest BCUT2D eigenvalue weighted by molar-refractivity contribution is 6.06. The van der Waals surface area contributed by atoms with E-state index in [1.165, 1.54) is 6.92 Å². The van der Waals surface area contributed by atoms with Crippen LogP contribution in [0.5, 0.6) is 11.5 Å². The summed E-state index contributed by atoms with van der Waals surface area (Å²) in [6, 6.07) is 5.00. The standard InChI is InChI=1S/C15H19NO5/c1-4-20-12-7-6-11(9-13(12)21-5-2)16-15(19)10(3)8-14(17)18/h6-9H,4-5H2,1-3H3,(H,16,19)(H,17,18)/b10-8-. The Kier molecular flexibility index (Phi) is 6.26. The highest BCUT2D eigenvalue weighted by Gasteiger charge is 2.10. The smallest absolute Gasteiger partial charge is 0.328 e. The zero-order valence-corrected chi connectivity index (χ0v) is 12.3. The van der Waals surface area contributed by atoms with Gasteiger partial charge in [-0.1, -0.05) is 0 Å². The van der Waals surface area contributed by atoms with E-state index >= 15 is 0 Å². The van der Waals surface area contributed by atoms with Crippen molar-refractivity contribution in [3.05, 3.63) is 29.8 Å². The Balaban J connectivity index is 2.91. The Bertz CT molecular complexity index is 551. The van der Waals surface area contributed by atoms with Crippen molar-refractivity contribution >= 4 is 17.6 Å². The molecule has 0 saturated carbocycles. The van der Waals surface area contributed by atoms with Gasteiger partial charge in [-0.15, -0.1) is 0 Å². The number of nitrogens with one attached hydrogen (secondary N) is 1. The van der Waals surface area contributed by atoms with Crippen LogP contribution in [-0.4, -0.2) is 30.2 Å². The van der Waals surface area contributed by atoms with Gasteiger partial charge in [0, 0.05) is 23.4 Å². The lowest BCUT2D eigenvalue weighted by molar-refractivity contribution is -0.131. The van der Waals surface area contributed by atoms with Crippen LogP contribution in [0.25, 0.3) is 0 Å². The van der Waals surface area contributed by atoms with E-state index in [-0.39, 0.29) is 5.57 Å². The molecule has 114 valence electrons. The molecular formula is C15H19NO5. The predicted molar refractivity (Wildman–Crippen MR) is 78.8 cm³/mol. The third-order valence-electron chi connectivity index (χ3n) is 2.50. The van der Waals surface area contributed by atoms with Gasteiger partial charge in [-0.3, -0.25) is 4.79 Å². The van der Waals surface area contributed by atoms with Crippen LogP contribution in [-0.2, 0) is 9.59 Å². The van der Waals surface area contributed by atoms with Crippen molar-refractivity contribution in [3.8, 4) is 11.5 Å². The molecule has 0 spiro atoms. The summed E-state index contributed by atoms with van der Waals surface area (Å²) in [5.41, 5.74) is 0.611. The normalized spacial score (nSPS) is 10.9. The Morgan fingerprint density at radius 1 is 1.19 bits per heavy atom. The summed E-state index contributed by atoms with van der Waals surface area (Å²) in [6.45, 7) is 6.12. The lowest BCUT2D eigenvalue weighted by Crippen LogP contribution is -2.14. The minimum Gasteiger partial charge on any atom is -0.490 e. The molecule has 0 saturated heterocycles. The molecule has 0 atom stereocenters. The zero-order chi connectivity index (χ0) is 15.8. The summed E-state index contributed by atoms with van der Waals surface area (Å²) in [4.78, 5) is 22.3. The van der Waals surface area contributed by atoms with Gasteiger partial charge in [0.2, 0.25) is 0 Å². The molecular weight excluding hydrogens is 274 g/mol. The van der Waals surface area contributed by atoms with E-state index in [9.17, 15) is 9.59 Å². The molecule has 2 N–H and O–H groups in total. The van der Waals surface area contributed by atoms with E-state index in [4.69, 9.17) is 14.6 Å². The number of aliphatic carboxylic acids is 1. The molecule has 21 heavy (non-hydrogen) atoms. The molecule has 1 aromatic carbocycles. The maximum absolute atomic E-state index is 11.8. The summed E-state index contributed by atoms with van der Waals surface area (Å²) in [7, 11) is 0.